The summed E-state index contributed by atoms with van der Waals surface area (Å²) in [6.45, 7) is 7.32. The highest BCUT2D eigenvalue weighted by Crippen LogP contribution is 2.42. The number of hydrogen-bond donors (Lipinski definition) is 2. The van der Waals surface area contributed by atoms with Crippen LogP contribution >= 0.6 is 0 Å². The van der Waals surface area contributed by atoms with Crippen LogP contribution in [0.25, 0.3) is 22.2 Å². The topological polar surface area (TPSA) is 98.6 Å². The first-order valence-electron chi connectivity index (χ1n) is 11.6. The zero-order chi connectivity index (χ0) is 25.2. The SMILES string of the molecule is Cn1c(=O)c2c(-c3ccc(C(C)(C)C)cc3)n3c(c2n(C)c1=O)[C@@H](c1ccc(O)c(O)c1)OCC3. The first kappa shape index (κ1) is 23.0. The Balaban J connectivity index is 1.87. The molecule has 182 valence electrons. The number of phenolic OH excluding ortho intramolecular Hbond substituents is 2. The van der Waals surface area contributed by atoms with Gasteiger partial charge in [-0.3, -0.25) is 13.9 Å². The fourth-order valence-corrected chi connectivity index (χ4v) is 4.97. The van der Waals surface area contributed by atoms with E-state index < -0.39 is 11.8 Å². The summed E-state index contributed by atoms with van der Waals surface area (Å²) in [6, 6.07) is 12.7. The Morgan fingerprint density at radius 3 is 2.26 bits per heavy atom. The average Bonchev–Trinajstić information content (AvgIpc) is 3.18. The Bertz CT molecular complexity index is 1580. The second-order valence-electron chi connectivity index (χ2n) is 10.1. The van der Waals surface area contributed by atoms with Crippen LogP contribution in [0.1, 0.15) is 43.7 Å². The van der Waals surface area contributed by atoms with Gasteiger partial charge in [0.25, 0.3) is 5.56 Å². The summed E-state index contributed by atoms with van der Waals surface area (Å²) in [5.74, 6) is -0.493. The minimum atomic E-state index is -0.641. The number of aromatic hydroxyl groups is 2. The molecule has 4 aromatic rings. The van der Waals surface area contributed by atoms with Gasteiger partial charge in [-0.05, 0) is 34.2 Å². The number of fused-ring (bicyclic) bond motifs is 3. The number of ether oxygens (including phenoxy) is 1. The van der Waals surface area contributed by atoms with Crippen LogP contribution in [-0.2, 0) is 30.8 Å². The number of phenols is 2. The van der Waals surface area contributed by atoms with Gasteiger partial charge >= 0.3 is 5.69 Å². The van der Waals surface area contributed by atoms with E-state index in [0.29, 0.717) is 35.3 Å². The molecule has 2 aromatic heterocycles. The molecule has 0 spiro atoms. The summed E-state index contributed by atoms with van der Waals surface area (Å²) >= 11 is 0. The van der Waals surface area contributed by atoms with Crippen molar-refractivity contribution in [3.05, 3.63) is 80.1 Å². The van der Waals surface area contributed by atoms with Crippen molar-refractivity contribution in [1.82, 2.24) is 13.7 Å². The highest BCUT2D eigenvalue weighted by Gasteiger charge is 2.33. The Labute approximate surface area is 202 Å². The van der Waals surface area contributed by atoms with Crippen molar-refractivity contribution in [2.45, 2.75) is 38.8 Å². The normalized spacial score (nSPS) is 16.0. The molecule has 8 nitrogen and oxygen atoms in total. The Hall–Kier alpha value is -3.78. The smallest absolute Gasteiger partial charge is 0.331 e. The quantitative estimate of drug-likeness (QED) is 0.432. The first-order chi connectivity index (χ1) is 16.5. The van der Waals surface area contributed by atoms with E-state index in [0.717, 1.165) is 15.8 Å². The van der Waals surface area contributed by atoms with Crippen LogP contribution in [-0.4, -0.2) is 30.5 Å². The summed E-state index contributed by atoms with van der Waals surface area (Å²) < 4.78 is 10.8. The molecule has 2 aromatic carbocycles. The van der Waals surface area contributed by atoms with Crippen LogP contribution in [0.4, 0.5) is 0 Å². The van der Waals surface area contributed by atoms with Crippen molar-refractivity contribution in [2.24, 2.45) is 14.1 Å². The van der Waals surface area contributed by atoms with Crippen LogP contribution in [0.15, 0.2) is 52.1 Å². The summed E-state index contributed by atoms with van der Waals surface area (Å²) in [5.41, 5.74) is 3.77. The molecule has 0 bridgehead atoms. The predicted molar refractivity (Wildman–Crippen MR) is 134 cm³/mol. The Kier molecular flexibility index (Phi) is 5.18. The van der Waals surface area contributed by atoms with E-state index in [2.05, 4.69) is 37.5 Å². The molecule has 0 aliphatic carbocycles. The molecule has 1 aliphatic rings. The Morgan fingerprint density at radius 1 is 0.943 bits per heavy atom. The van der Waals surface area contributed by atoms with Gasteiger partial charge in [0.05, 0.1) is 28.9 Å². The zero-order valence-corrected chi connectivity index (χ0v) is 20.5. The lowest BCUT2D eigenvalue weighted by Gasteiger charge is -2.28. The van der Waals surface area contributed by atoms with Crippen molar-refractivity contribution < 1.29 is 14.9 Å². The second kappa shape index (κ2) is 7.88. The molecule has 2 N–H and O–H groups in total. The minimum Gasteiger partial charge on any atom is -0.504 e. The molecule has 0 fully saturated rings. The van der Waals surface area contributed by atoms with Crippen LogP contribution in [0.2, 0.25) is 0 Å². The summed E-state index contributed by atoms with van der Waals surface area (Å²) in [5, 5.41) is 20.4. The number of hydrogen-bond acceptors (Lipinski definition) is 5. The molecule has 1 atom stereocenters. The van der Waals surface area contributed by atoms with E-state index in [1.165, 1.54) is 29.3 Å². The van der Waals surface area contributed by atoms with Gasteiger partial charge in [0.15, 0.2) is 11.5 Å². The third-order valence-corrected chi connectivity index (χ3v) is 6.88. The predicted octanol–water partition coefficient (Wildman–Crippen LogP) is 3.53. The highest BCUT2D eigenvalue weighted by molar-refractivity contribution is 5.96. The molecule has 0 saturated heterocycles. The molecule has 3 heterocycles. The molecule has 8 heteroatoms. The van der Waals surface area contributed by atoms with Crippen LogP contribution in [0.3, 0.4) is 0 Å². The van der Waals surface area contributed by atoms with E-state index in [1.807, 2.05) is 12.1 Å². The maximum Gasteiger partial charge on any atom is 0.331 e. The number of aryl methyl sites for hydroxylation is 1. The van der Waals surface area contributed by atoms with Crippen LogP contribution < -0.4 is 11.2 Å². The van der Waals surface area contributed by atoms with Crippen molar-refractivity contribution in [2.75, 3.05) is 6.61 Å². The van der Waals surface area contributed by atoms with Crippen LogP contribution in [0, 0.1) is 0 Å². The molecular weight excluding hydrogens is 446 g/mol. The van der Waals surface area contributed by atoms with Crippen LogP contribution in [0.5, 0.6) is 11.5 Å². The molecule has 35 heavy (non-hydrogen) atoms. The molecule has 0 radical (unpaired) electrons. The molecule has 0 saturated carbocycles. The largest absolute Gasteiger partial charge is 0.504 e. The number of aromatic nitrogens is 3. The zero-order valence-electron chi connectivity index (χ0n) is 20.5. The molecule has 5 rings (SSSR count). The second-order valence-corrected chi connectivity index (χ2v) is 10.1. The molecule has 0 amide bonds. The fourth-order valence-electron chi connectivity index (χ4n) is 4.97. The number of nitrogens with zero attached hydrogens (tertiary/aromatic N) is 3. The van der Waals surface area contributed by atoms with E-state index in [-0.39, 0.29) is 22.5 Å². The van der Waals surface area contributed by atoms with Gasteiger partial charge in [-0.2, -0.15) is 0 Å². The van der Waals surface area contributed by atoms with Crippen molar-refractivity contribution in [3.63, 3.8) is 0 Å². The van der Waals surface area contributed by atoms with Gasteiger partial charge in [0, 0.05) is 20.6 Å². The third-order valence-electron chi connectivity index (χ3n) is 6.88. The van der Waals surface area contributed by atoms with E-state index >= 15 is 0 Å². The monoisotopic (exact) mass is 475 g/mol. The maximum atomic E-state index is 13.5. The molecule has 0 unspecified atom stereocenters. The maximum absolute atomic E-state index is 13.5. The van der Waals surface area contributed by atoms with Gasteiger partial charge in [-0.25, -0.2) is 4.79 Å². The lowest BCUT2D eigenvalue weighted by molar-refractivity contribution is 0.0477. The molecule has 1 aliphatic heterocycles. The summed E-state index contributed by atoms with van der Waals surface area (Å²) in [7, 11) is 3.14. The van der Waals surface area contributed by atoms with Crippen molar-refractivity contribution in [1.29, 1.82) is 0 Å². The third kappa shape index (κ3) is 3.47. The number of benzene rings is 2. The van der Waals surface area contributed by atoms with Gasteiger partial charge in [0.2, 0.25) is 0 Å². The van der Waals surface area contributed by atoms with Gasteiger partial charge in [-0.1, -0.05) is 51.1 Å². The standard InChI is InChI=1S/C27H29N3O5/c1-27(2,3)17-9-6-15(7-10-17)21-20-22(28(4)26(34)29(5)25(20)33)23-24(35-13-12-30(21)23)16-8-11-18(31)19(32)14-16/h6-11,14,24,31-32H,12-13H2,1-5H3/t24-/m1/s1. The average molecular weight is 476 g/mol. The van der Waals surface area contributed by atoms with Gasteiger partial charge in [-0.15, -0.1) is 0 Å². The lowest BCUT2D eigenvalue weighted by Crippen LogP contribution is -2.37. The summed E-state index contributed by atoms with van der Waals surface area (Å²) in [4.78, 5) is 26.4. The lowest BCUT2D eigenvalue weighted by atomic mass is 9.86. The van der Waals surface area contributed by atoms with Gasteiger partial charge in [0.1, 0.15) is 6.10 Å². The van der Waals surface area contributed by atoms with E-state index in [9.17, 15) is 19.8 Å². The highest BCUT2D eigenvalue weighted by atomic mass is 16.5. The van der Waals surface area contributed by atoms with Crippen molar-refractivity contribution in [3.8, 4) is 22.8 Å². The Morgan fingerprint density at radius 2 is 1.63 bits per heavy atom. The van der Waals surface area contributed by atoms with Crippen molar-refractivity contribution >= 4 is 10.9 Å². The number of rotatable bonds is 2. The summed E-state index contributed by atoms with van der Waals surface area (Å²) in [6.07, 6.45) is -0.641. The molecular formula is C27H29N3O5. The minimum absolute atomic E-state index is 0.0149. The van der Waals surface area contributed by atoms with E-state index in [1.54, 1.807) is 13.1 Å². The first-order valence-corrected chi connectivity index (χ1v) is 11.6. The van der Waals surface area contributed by atoms with Gasteiger partial charge < -0.3 is 19.5 Å². The van der Waals surface area contributed by atoms with E-state index in [4.69, 9.17) is 4.74 Å². The fraction of sp³-hybridized carbons (Fsp3) is 0.333.